The van der Waals surface area contributed by atoms with E-state index in [0.29, 0.717) is 10.4 Å². The van der Waals surface area contributed by atoms with Crippen LogP contribution in [0.5, 0.6) is 0 Å². The Morgan fingerprint density at radius 1 is 1.24 bits per heavy atom. The van der Waals surface area contributed by atoms with E-state index in [4.69, 9.17) is 15.4 Å². The van der Waals surface area contributed by atoms with Crippen LogP contribution in [0.2, 0.25) is 0 Å². The molecule has 1 aromatic rings. The van der Waals surface area contributed by atoms with E-state index in [1.807, 2.05) is 0 Å². The molecule has 4 nitrogen and oxygen atoms in total. The second-order valence-corrected chi connectivity index (χ2v) is 8.88. The Morgan fingerprint density at radius 2 is 1.86 bits per heavy atom. The summed E-state index contributed by atoms with van der Waals surface area (Å²) in [6.45, 7) is 2.18. The molecule has 0 saturated heterocycles. The van der Waals surface area contributed by atoms with Gasteiger partial charge in [-0.2, -0.15) is 0 Å². The predicted octanol–water partition coefficient (Wildman–Crippen LogP) is 4.11. The van der Waals surface area contributed by atoms with Crippen LogP contribution < -0.4 is 0 Å². The van der Waals surface area contributed by atoms with Crippen molar-refractivity contribution < 1.29 is 17.9 Å². The first kappa shape index (κ1) is 16.8. The van der Waals surface area contributed by atoms with Crippen molar-refractivity contribution in [2.45, 2.75) is 43.6 Å². The van der Waals surface area contributed by atoms with E-state index in [9.17, 15) is 13.2 Å². The van der Waals surface area contributed by atoms with Gasteiger partial charge < -0.3 is 4.74 Å². The zero-order chi connectivity index (χ0) is 15.6. The molecule has 1 saturated carbocycles. The second-order valence-electron chi connectivity index (χ2n) is 5.40. The zero-order valence-electron chi connectivity index (χ0n) is 11.5. The molecular formula is C14H16BrClO4S. The summed E-state index contributed by atoms with van der Waals surface area (Å²) >= 11 is 3.18. The highest BCUT2D eigenvalue weighted by Gasteiger charge is 2.23. The summed E-state index contributed by atoms with van der Waals surface area (Å²) in [5, 5.41) is 0. The number of carbonyl (C=O) groups excluding carboxylic acids is 1. The molecule has 0 aromatic heterocycles. The maximum atomic E-state index is 12.1. The first-order valence-corrected chi connectivity index (χ1v) is 9.82. The molecule has 116 valence electrons. The average Bonchev–Trinajstić information content (AvgIpc) is 2.39. The maximum Gasteiger partial charge on any atom is 0.338 e. The van der Waals surface area contributed by atoms with Gasteiger partial charge in [-0.05, 0) is 49.8 Å². The van der Waals surface area contributed by atoms with Gasteiger partial charge in [0.1, 0.15) is 6.10 Å². The third-order valence-corrected chi connectivity index (χ3v) is 5.42. The Hall–Kier alpha value is -0.590. The summed E-state index contributed by atoms with van der Waals surface area (Å²) in [6.07, 6.45) is 3.68. The van der Waals surface area contributed by atoms with Crippen LogP contribution in [0.3, 0.4) is 0 Å². The summed E-state index contributed by atoms with van der Waals surface area (Å²) in [6, 6.07) is 4.11. The van der Waals surface area contributed by atoms with Crippen LogP contribution in [-0.2, 0) is 13.8 Å². The van der Waals surface area contributed by atoms with Gasteiger partial charge in [-0.15, -0.1) is 0 Å². The molecule has 0 aliphatic heterocycles. The average molecular weight is 396 g/mol. The molecule has 7 heteroatoms. The van der Waals surface area contributed by atoms with Crippen LogP contribution in [0.15, 0.2) is 27.6 Å². The third-order valence-electron chi connectivity index (χ3n) is 3.63. The van der Waals surface area contributed by atoms with Crippen molar-refractivity contribution in [2.75, 3.05) is 0 Å². The Kier molecular flexibility index (Phi) is 5.33. The monoisotopic (exact) mass is 394 g/mol. The summed E-state index contributed by atoms with van der Waals surface area (Å²) in [5.74, 6) is 0.149. The molecule has 1 aromatic carbocycles. The second kappa shape index (κ2) is 6.67. The lowest BCUT2D eigenvalue weighted by Crippen LogP contribution is -2.23. The lowest BCUT2D eigenvalue weighted by molar-refractivity contribution is 0.0173. The highest BCUT2D eigenvalue weighted by molar-refractivity contribution is 9.10. The molecule has 0 amide bonds. The van der Waals surface area contributed by atoms with Crippen LogP contribution in [0.1, 0.15) is 43.0 Å². The highest BCUT2D eigenvalue weighted by Crippen LogP contribution is 2.27. The lowest BCUT2D eigenvalue weighted by atomic mass is 9.89. The van der Waals surface area contributed by atoms with Crippen molar-refractivity contribution in [2.24, 2.45) is 5.92 Å². The number of halogens is 2. The Bertz CT molecular complexity index is 636. The molecule has 0 heterocycles. The van der Waals surface area contributed by atoms with Crippen LogP contribution in [0.4, 0.5) is 0 Å². The SMILES string of the molecule is CC1CCC(OC(=O)c2cc(Br)cc(S(=O)(=O)Cl)c2)CC1. The zero-order valence-corrected chi connectivity index (χ0v) is 14.7. The summed E-state index contributed by atoms with van der Waals surface area (Å²) in [5.41, 5.74) is 0.183. The number of rotatable bonds is 3. The lowest BCUT2D eigenvalue weighted by Gasteiger charge is -2.26. The molecule has 0 radical (unpaired) electrons. The topological polar surface area (TPSA) is 60.4 Å². The molecule has 0 spiro atoms. The minimum Gasteiger partial charge on any atom is -0.459 e. The maximum absolute atomic E-state index is 12.1. The number of hydrogen-bond donors (Lipinski definition) is 0. The van der Waals surface area contributed by atoms with Crippen molar-refractivity contribution in [3.63, 3.8) is 0 Å². The van der Waals surface area contributed by atoms with E-state index >= 15 is 0 Å². The van der Waals surface area contributed by atoms with Gasteiger partial charge in [0.25, 0.3) is 9.05 Å². The standard InChI is InChI=1S/C14H16BrClO4S/c1-9-2-4-12(5-3-9)20-14(17)10-6-11(15)8-13(7-10)21(16,18)19/h6-9,12H,2-5H2,1H3. The third kappa shape index (κ3) is 4.69. The van der Waals surface area contributed by atoms with E-state index in [0.717, 1.165) is 25.7 Å². The van der Waals surface area contributed by atoms with Crippen LogP contribution in [-0.4, -0.2) is 20.5 Å². The molecule has 21 heavy (non-hydrogen) atoms. The van der Waals surface area contributed by atoms with E-state index < -0.39 is 15.0 Å². The molecule has 0 unspecified atom stereocenters. The van der Waals surface area contributed by atoms with Crippen molar-refractivity contribution in [1.82, 2.24) is 0 Å². The molecule has 1 aliphatic rings. The van der Waals surface area contributed by atoms with Gasteiger partial charge in [0.05, 0.1) is 10.5 Å². The number of esters is 1. The van der Waals surface area contributed by atoms with Crippen molar-refractivity contribution in [1.29, 1.82) is 0 Å². The van der Waals surface area contributed by atoms with Gasteiger partial charge >= 0.3 is 5.97 Å². The molecular weight excluding hydrogens is 380 g/mol. The van der Waals surface area contributed by atoms with Gasteiger partial charge in [0.2, 0.25) is 0 Å². The van der Waals surface area contributed by atoms with Crippen molar-refractivity contribution in [3.05, 3.63) is 28.2 Å². The number of ether oxygens (including phenoxy) is 1. The summed E-state index contributed by atoms with van der Waals surface area (Å²) < 4.78 is 28.7. The fourth-order valence-corrected chi connectivity index (χ4v) is 3.84. The minimum atomic E-state index is -3.89. The molecule has 2 rings (SSSR count). The molecule has 1 fully saturated rings. The van der Waals surface area contributed by atoms with Gasteiger partial charge in [0, 0.05) is 15.2 Å². The van der Waals surface area contributed by atoms with E-state index in [-0.39, 0.29) is 16.6 Å². The minimum absolute atomic E-state index is 0.0938. The first-order valence-electron chi connectivity index (χ1n) is 6.72. The molecule has 1 aliphatic carbocycles. The van der Waals surface area contributed by atoms with Crippen molar-refractivity contribution >= 4 is 41.6 Å². The first-order chi connectivity index (χ1) is 9.75. The van der Waals surface area contributed by atoms with Gasteiger partial charge in [0.15, 0.2) is 0 Å². The Labute approximate surface area is 137 Å². The summed E-state index contributed by atoms with van der Waals surface area (Å²) in [4.78, 5) is 12.0. The van der Waals surface area contributed by atoms with Crippen LogP contribution >= 0.6 is 26.6 Å². The Balaban J connectivity index is 2.14. The van der Waals surface area contributed by atoms with Gasteiger partial charge in [-0.25, -0.2) is 13.2 Å². The van der Waals surface area contributed by atoms with Gasteiger partial charge in [-0.3, -0.25) is 0 Å². The molecule has 0 bridgehead atoms. The van der Waals surface area contributed by atoms with E-state index in [1.165, 1.54) is 18.2 Å². The molecule has 0 atom stereocenters. The predicted molar refractivity (Wildman–Crippen MR) is 84.0 cm³/mol. The smallest absolute Gasteiger partial charge is 0.338 e. The van der Waals surface area contributed by atoms with Crippen LogP contribution in [0, 0.1) is 5.92 Å². The summed E-state index contributed by atoms with van der Waals surface area (Å²) in [7, 11) is 1.43. The number of hydrogen-bond acceptors (Lipinski definition) is 4. The van der Waals surface area contributed by atoms with E-state index in [2.05, 4.69) is 22.9 Å². The number of carbonyl (C=O) groups is 1. The fraction of sp³-hybridized carbons (Fsp3) is 0.500. The largest absolute Gasteiger partial charge is 0.459 e. The van der Waals surface area contributed by atoms with Crippen molar-refractivity contribution in [3.8, 4) is 0 Å². The van der Waals surface area contributed by atoms with Crippen LogP contribution in [0.25, 0.3) is 0 Å². The fourth-order valence-electron chi connectivity index (χ4n) is 2.39. The number of benzene rings is 1. The Morgan fingerprint density at radius 3 is 2.43 bits per heavy atom. The normalized spacial score (nSPS) is 22.8. The van der Waals surface area contributed by atoms with E-state index in [1.54, 1.807) is 0 Å². The van der Waals surface area contributed by atoms with Gasteiger partial charge in [-0.1, -0.05) is 22.9 Å². The quantitative estimate of drug-likeness (QED) is 0.571. The highest BCUT2D eigenvalue weighted by atomic mass is 79.9. The molecule has 0 N–H and O–H groups in total.